The second-order valence-corrected chi connectivity index (χ2v) is 10.6. The maximum atomic E-state index is 15.8. The number of aromatic nitrogens is 2. The first-order valence-electron chi connectivity index (χ1n) is 11.5. The van der Waals surface area contributed by atoms with E-state index in [0.29, 0.717) is 12.5 Å². The van der Waals surface area contributed by atoms with Gasteiger partial charge < -0.3 is 9.64 Å². The van der Waals surface area contributed by atoms with E-state index in [1.165, 1.54) is 22.0 Å². The van der Waals surface area contributed by atoms with Gasteiger partial charge in [0.2, 0.25) is 16.0 Å². The van der Waals surface area contributed by atoms with Gasteiger partial charge in [0.25, 0.3) is 0 Å². The molecule has 172 valence electrons. The van der Waals surface area contributed by atoms with Crippen LogP contribution in [0.15, 0.2) is 35.2 Å². The van der Waals surface area contributed by atoms with Crippen molar-refractivity contribution in [2.24, 2.45) is 0 Å². The van der Waals surface area contributed by atoms with Gasteiger partial charge in [-0.2, -0.15) is 4.31 Å². The molecule has 1 aromatic heterocycles. The predicted octanol–water partition coefficient (Wildman–Crippen LogP) is 2.88. The summed E-state index contributed by atoms with van der Waals surface area (Å²) in [7, 11) is -3.87. The maximum Gasteiger partial charge on any atom is 0.245 e. The third-order valence-corrected chi connectivity index (χ3v) is 8.82. The predicted molar refractivity (Wildman–Crippen MR) is 119 cm³/mol. The van der Waals surface area contributed by atoms with Crippen LogP contribution in [0.1, 0.15) is 43.1 Å². The molecule has 5 rings (SSSR count). The fourth-order valence-electron chi connectivity index (χ4n) is 5.21. The first-order valence-corrected chi connectivity index (χ1v) is 12.9. The highest BCUT2D eigenvalue weighted by atomic mass is 32.2. The highest BCUT2D eigenvalue weighted by Crippen LogP contribution is 2.40. The molecule has 1 aliphatic carbocycles. The van der Waals surface area contributed by atoms with E-state index in [2.05, 4.69) is 6.92 Å². The first-order chi connectivity index (χ1) is 15.5. The van der Waals surface area contributed by atoms with E-state index in [9.17, 15) is 8.42 Å². The molecular weight excluding hydrogens is 431 g/mol. The van der Waals surface area contributed by atoms with Gasteiger partial charge in [0.05, 0.1) is 18.0 Å². The van der Waals surface area contributed by atoms with Crippen LogP contribution in [0.4, 0.5) is 10.3 Å². The van der Waals surface area contributed by atoms with Gasteiger partial charge in [-0.1, -0.05) is 25.1 Å². The molecule has 2 aliphatic heterocycles. The van der Waals surface area contributed by atoms with E-state index < -0.39 is 21.9 Å². The smallest absolute Gasteiger partial charge is 0.245 e. The van der Waals surface area contributed by atoms with E-state index >= 15 is 4.39 Å². The second kappa shape index (κ2) is 8.35. The molecule has 2 atom stereocenters. The van der Waals surface area contributed by atoms with Gasteiger partial charge in [-0.15, -0.1) is 0 Å². The average Bonchev–Trinajstić information content (AvgIpc) is 3.26. The number of anilines is 1. The molecule has 2 saturated heterocycles. The Morgan fingerprint density at radius 1 is 1.16 bits per heavy atom. The van der Waals surface area contributed by atoms with Gasteiger partial charge >= 0.3 is 0 Å². The topological polar surface area (TPSA) is 75.6 Å². The number of nitrogens with zero attached hydrogens (tertiary/aromatic N) is 4. The van der Waals surface area contributed by atoms with Crippen LogP contribution in [-0.2, 0) is 34.0 Å². The van der Waals surface area contributed by atoms with Crippen LogP contribution in [0.5, 0.6) is 0 Å². The lowest BCUT2D eigenvalue weighted by atomic mass is 9.94. The average molecular weight is 461 g/mol. The van der Waals surface area contributed by atoms with Gasteiger partial charge in [0, 0.05) is 30.9 Å². The molecule has 2 fully saturated rings. The largest absolute Gasteiger partial charge is 0.355 e. The molecule has 7 nitrogen and oxygen atoms in total. The van der Waals surface area contributed by atoms with Gasteiger partial charge in [0.15, 0.2) is 11.9 Å². The maximum absolute atomic E-state index is 15.8. The molecule has 3 aliphatic rings. The minimum absolute atomic E-state index is 0.00273. The zero-order chi connectivity index (χ0) is 22.3. The first kappa shape index (κ1) is 21.7. The summed E-state index contributed by atoms with van der Waals surface area (Å²) in [4.78, 5) is 11.6. The molecular formula is C23H29FN4O3S. The van der Waals surface area contributed by atoms with E-state index in [1.54, 1.807) is 18.2 Å². The van der Waals surface area contributed by atoms with E-state index in [4.69, 9.17) is 14.7 Å². The Kier molecular flexibility index (Phi) is 5.67. The molecule has 9 heteroatoms. The third-order valence-electron chi connectivity index (χ3n) is 6.88. The lowest BCUT2D eigenvalue weighted by Gasteiger charge is -2.45. The Balaban J connectivity index is 1.42. The van der Waals surface area contributed by atoms with Crippen molar-refractivity contribution in [3.05, 3.63) is 47.3 Å². The number of hydrogen-bond acceptors (Lipinski definition) is 6. The molecule has 2 unspecified atom stereocenters. The van der Waals surface area contributed by atoms with Crippen molar-refractivity contribution in [3.8, 4) is 0 Å². The fraction of sp³-hybridized carbons (Fsp3) is 0.565. The molecule has 0 N–H and O–H groups in total. The Labute approximate surface area is 188 Å². The molecule has 1 aromatic carbocycles. The molecule has 3 heterocycles. The summed E-state index contributed by atoms with van der Waals surface area (Å²) in [6.07, 6.45) is 3.74. The quantitative estimate of drug-likeness (QED) is 0.699. The summed E-state index contributed by atoms with van der Waals surface area (Å²) in [6, 6.07) is 8.18. The van der Waals surface area contributed by atoms with E-state index in [1.807, 2.05) is 4.90 Å². The van der Waals surface area contributed by atoms with Gasteiger partial charge in [-0.05, 0) is 49.8 Å². The molecule has 0 radical (unpaired) electrons. The number of ether oxygens (including phenoxy) is 1. The summed E-state index contributed by atoms with van der Waals surface area (Å²) < 4.78 is 49.4. The second-order valence-electron chi connectivity index (χ2n) is 8.70. The van der Waals surface area contributed by atoms with Gasteiger partial charge in [-0.3, -0.25) is 0 Å². The number of aryl methyl sites for hydroxylation is 2. The summed E-state index contributed by atoms with van der Waals surface area (Å²) in [6.45, 7) is 2.85. The molecule has 1 spiro atoms. The highest BCUT2D eigenvalue weighted by molar-refractivity contribution is 7.89. The zero-order valence-corrected chi connectivity index (χ0v) is 19.2. The number of alkyl halides is 1. The SMILES string of the molecule is CCc1nc(N2CCC3(OCCN3S(=O)(=O)c3ccccc3)C(F)C2)nc2c1CCCC2. The summed E-state index contributed by atoms with van der Waals surface area (Å²) in [5, 5.41) is 0. The molecule has 0 amide bonds. The summed E-state index contributed by atoms with van der Waals surface area (Å²) in [5.74, 6) is 0.551. The van der Waals surface area contributed by atoms with Crippen molar-refractivity contribution in [2.75, 3.05) is 31.1 Å². The highest BCUT2D eigenvalue weighted by Gasteiger charge is 2.57. The Hall–Kier alpha value is -2.10. The third kappa shape index (κ3) is 3.50. The van der Waals surface area contributed by atoms with Gasteiger partial charge in [-0.25, -0.2) is 22.8 Å². The minimum Gasteiger partial charge on any atom is -0.355 e. The van der Waals surface area contributed by atoms with Crippen LogP contribution in [0.25, 0.3) is 0 Å². The number of fused-ring (bicyclic) bond motifs is 1. The number of sulfonamides is 1. The van der Waals surface area contributed by atoms with Crippen molar-refractivity contribution in [1.29, 1.82) is 0 Å². The number of piperidine rings is 1. The van der Waals surface area contributed by atoms with Crippen molar-refractivity contribution in [3.63, 3.8) is 0 Å². The van der Waals surface area contributed by atoms with Crippen LogP contribution in [0.2, 0.25) is 0 Å². The Bertz CT molecular complexity index is 1080. The van der Waals surface area contributed by atoms with Crippen molar-refractivity contribution < 1.29 is 17.5 Å². The van der Waals surface area contributed by atoms with Crippen LogP contribution in [0.3, 0.4) is 0 Å². The Morgan fingerprint density at radius 3 is 2.69 bits per heavy atom. The standard InChI is InChI=1S/C23H29FN4O3S/c1-2-19-18-10-6-7-11-20(18)26-22(25-19)27-13-12-23(21(24)16-27)28(14-15-31-23)32(29,30)17-8-4-3-5-9-17/h3-5,8-9,21H,2,6-7,10-16H2,1H3. The van der Waals surface area contributed by atoms with Crippen molar-refractivity contribution in [2.45, 2.75) is 62.2 Å². The summed E-state index contributed by atoms with van der Waals surface area (Å²) in [5.41, 5.74) is 1.91. The van der Waals surface area contributed by atoms with Gasteiger partial charge in [0.1, 0.15) is 0 Å². The minimum atomic E-state index is -3.87. The lowest BCUT2D eigenvalue weighted by molar-refractivity contribution is -0.116. The number of benzene rings is 1. The molecule has 0 saturated carbocycles. The number of hydrogen-bond donors (Lipinski definition) is 0. The molecule has 0 bridgehead atoms. The van der Waals surface area contributed by atoms with Crippen LogP contribution < -0.4 is 4.90 Å². The normalized spacial score (nSPS) is 26.4. The molecule has 32 heavy (non-hydrogen) atoms. The van der Waals surface area contributed by atoms with Crippen LogP contribution in [0, 0.1) is 0 Å². The van der Waals surface area contributed by atoms with Crippen molar-refractivity contribution in [1.82, 2.24) is 14.3 Å². The molecule has 2 aromatic rings. The fourth-order valence-corrected chi connectivity index (χ4v) is 6.94. The monoisotopic (exact) mass is 460 g/mol. The number of rotatable bonds is 4. The lowest BCUT2D eigenvalue weighted by Crippen LogP contribution is -2.62. The van der Waals surface area contributed by atoms with Crippen LogP contribution in [-0.4, -0.2) is 60.8 Å². The Morgan fingerprint density at radius 2 is 1.94 bits per heavy atom. The van der Waals surface area contributed by atoms with E-state index in [-0.39, 0.29) is 31.0 Å². The summed E-state index contributed by atoms with van der Waals surface area (Å²) >= 11 is 0. The van der Waals surface area contributed by atoms with E-state index in [0.717, 1.165) is 43.5 Å². The number of halogens is 1. The zero-order valence-electron chi connectivity index (χ0n) is 18.3. The van der Waals surface area contributed by atoms with Crippen molar-refractivity contribution >= 4 is 16.0 Å². The van der Waals surface area contributed by atoms with Crippen LogP contribution >= 0.6 is 0 Å².